The summed E-state index contributed by atoms with van der Waals surface area (Å²) in [6, 6.07) is 1.99. The van der Waals surface area contributed by atoms with Crippen molar-refractivity contribution >= 4 is 5.91 Å². The maximum Gasteiger partial charge on any atom is 0.234 e. The first-order valence-electron chi connectivity index (χ1n) is 5.61. The Labute approximate surface area is 91.2 Å². The molecule has 0 aromatic carbocycles. The maximum absolute atomic E-state index is 11.1. The Morgan fingerprint density at radius 1 is 1.47 bits per heavy atom. The molecule has 1 unspecified atom stereocenters. The molecule has 0 saturated carbocycles. The molecule has 1 aliphatic heterocycles. The van der Waals surface area contributed by atoms with Crippen LogP contribution in [0.25, 0.3) is 0 Å². The number of hydrogen-bond acceptors (Lipinski definition) is 3. The zero-order valence-electron chi connectivity index (χ0n) is 9.33. The smallest absolute Gasteiger partial charge is 0.234 e. The second-order valence-corrected chi connectivity index (χ2v) is 4.16. The highest BCUT2D eigenvalue weighted by atomic mass is 16.1. The summed E-state index contributed by atoms with van der Waals surface area (Å²) in [5.41, 5.74) is 0. The van der Waals surface area contributed by atoms with Crippen molar-refractivity contribution in [3.8, 4) is 6.07 Å². The first-order chi connectivity index (χ1) is 7.22. The summed E-state index contributed by atoms with van der Waals surface area (Å²) in [5, 5.41) is 11.2. The predicted octanol–water partition coefficient (Wildman–Crippen LogP) is 0.891. The van der Waals surface area contributed by atoms with Crippen LogP contribution in [0.3, 0.4) is 0 Å². The molecule has 1 atom stereocenters. The molecule has 1 heterocycles. The summed E-state index contributed by atoms with van der Waals surface area (Å²) in [6.45, 7) is 5.16. The largest absolute Gasteiger partial charge is 0.351 e. The van der Waals surface area contributed by atoms with Crippen LogP contribution >= 0.6 is 0 Å². The molecule has 15 heavy (non-hydrogen) atoms. The lowest BCUT2D eigenvalue weighted by molar-refractivity contribution is -0.120. The van der Waals surface area contributed by atoms with Gasteiger partial charge in [0.2, 0.25) is 5.91 Å². The van der Waals surface area contributed by atoms with E-state index in [1.807, 2.05) is 13.0 Å². The van der Waals surface area contributed by atoms with E-state index >= 15 is 0 Å². The molecule has 0 spiro atoms. The van der Waals surface area contributed by atoms with Crippen molar-refractivity contribution in [1.29, 1.82) is 5.26 Å². The predicted molar refractivity (Wildman–Crippen MR) is 58.1 cm³/mol. The lowest BCUT2D eigenvalue weighted by atomic mass is 10.1. The van der Waals surface area contributed by atoms with Crippen molar-refractivity contribution in [1.82, 2.24) is 10.2 Å². The highest BCUT2D eigenvalue weighted by Crippen LogP contribution is 2.08. The fraction of sp³-hybridized carbons (Fsp3) is 0.818. The Bertz CT molecular complexity index is 241. The zero-order chi connectivity index (χ0) is 11.1. The number of hydrogen-bond donors (Lipinski definition) is 1. The lowest BCUT2D eigenvalue weighted by Crippen LogP contribution is -2.43. The van der Waals surface area contributed by atoms with Crippen LogP contribution in [-0.2, 0) is 4.79 Å². The minimum atomic E-state index is -0.165. The quantitative estimate of drug-likeness (QED) is 0.748. The van der Waals surface area contributed by atoms with E-state index in [1.165, 1.54) is 19.3 Å². The Hall–Kier alpha value is -1.08. The van der Waals surface area contributed by atoms with Crippen LogP contribution in [-0.4, -0.2) is 36.5 Å². The van der Waals surface area contributed by atoms with Crippen LogP contribution in [0, 0.1) is 11.3 Å². The van der Waals surface area contributed by atoms with Crippen molar-refractivity contribution < 1.29 is 4.79 Å². The molecule has 1 saturated heterocycles. The number of likely N-dealkylation sites (tertiary alicyclic amines) is 1. The van der Waals surface area contributed by atoms with Crippen molar-refractivity contribution in [3.05, 3.63) is 0 Å². The number of nitrogens with one attached hydrogen (secondary N) is 1. The van der Waals surface area contributed by atoms with Gasteiger partial charge in [0.15, 0.2) is 0 Å². The summed E-state index contributed by atoms with van der Waals surface area (Å²) in [7, 11) is 0. The zero-order valence-corrected chi connectivity index (χ0v) is 9.33. The van der Waals surface area contributed by atoms with Gasteiger partial charge in [0.05, 0.1) is 6.07 Å². The Balaban J connectivity index is 2.19. The van der Waals surface area contributed by atoms with Gasteiger partial charge in [-0.3, -0.25) is 4.79 Å². The van der Waals surface area contributed by atoms with E-state index in [0.717, 1.165) is 19.6 Å². The topological polar surface area (TPSA) is 56.1 Å². The van der Waals surface area contributed by atoms with Crippen LogP contribution in [0.1, 0.15) is 32.6 Å². The normalized spacial score (nSPS) is 19.2. The van der Waals surface area contributed by atoms with Crippen LogP contribution < -0.4 is 5.32 Å². The monoisotopic (exact) mass is 209 g/mol. The van der Waals surface area contributed by atoms with Crippen molar-refractivity contribution in [2.24, 2.45) is 0 Å². The van der Waals surface area contributed by atoms with E-state index in [2.05, 4.69) is 10.2 Å². The molecular formula is C11H19N3O. The second kappa shape index (κ2) is 6.41. The molecule has 1 fully saturated rings. The number of rotatable bonds is 4. The van der Waals surface area contributed by atoms with Gasteiger partial charge in [-0.25, -0.2) is 0 Å². The van der Waals surface area contributed by atoms with Crippen LogP contribution in [0.15, 0.2) is 0 Å². The van der Waals surface area contributed by atoms with E-state index < -0.39 is 0 Å². The average molecular weight is 209 g/mol. The number of piperidine rings is 1. The Morgan fingerprint density at radius 3 is 2.73 bits per heavy atom. The van der Waals surface area contributed by atoms with Crippen molar-refractivity contribution in [2.45, 2.75) is 38.6 Å². The number of amides is 1. The van der Waals surface area contributed by atoms with E-state index in [0.29, 0.717) is 0 Å². The van der Waals surface area contributed by atoms with Gasteiger partial charge in [0.25, 0.3) is 0 Å². The third-order valence-electron chi connectivity index (χ3n) is 2.63. The minimum Gasteiger partial charge on any atom is -0.351 e. The third kappa shape index (κ3) is 4.80. The van der Waals surface area contributed by atoms with Crippen molar-refractivity contribution in [2.75, 3.05) is 19.6 Å². The number of nitriles is 1. The van der Waals surface area contributed by atoms with Crippen LogP contribution in [0.5, 0.6) is 0 Å². The molecule has 1 amide bonds. The molecule has 0 bridgehead atoms. The second-order valence-electron chi connectivity index (χ2n) is 4.16. The van der Waals surface area contributed by atoms with Gasteiger partial charge in [-0.05, 0) is 32.9 Å². The Morgan fingerprint density at radius 2 is 2.13 bits per heavy atom. The highest BCUT2D eigenvalue weighted by Gasteiger charge is 2.14. The first kappa shape index (κ1) is 12.0. The molecule has 0 aliphatic carbocycles. The minimum absolute atomic E-state index is 0.0374. The van der Waals surface area contributed by atoms with Gasteiger partial charge in [-0.1, -0.05) is 6.42 Å². The molecule has 1 aliphatic rings. The van der Waals surface area contributed by atoms with Crippen molar-refractivity contribution in [3.63, 3.8) is 0 Å². The summed E-state index contributed by atoms with van der Waals surface area (Å²) in [4.78, 5) is 13.5. The van der Waals surface area contributed by atoms with Gasteiger partial charge < -0.3 is 10.2 Å². The summed E-state index contributed by atoms with van der Waals surface area (Å²) >= 11 is 0. The maximum atomic E-state index is 11.1. The fourth-order valence-electron chi connectivity index (χ4n) is 1.97. The van der Waals surface area contributed by atoms with Crippen LogP contribution in [0.4, 0.5) is 0 Å². The summed E-state index contributed by atoms with van der Waals surface area (Å²) in [6.07, 6.45) is 3.81. The molecular weight excluding hydrogens is 190 g/mol. The van der Waals surface area contributed by atoms with E-state index in [4.69, 9.17) is 5.26 Å². The molecule has 1 N–H and O–H groups in total. The van der Waals surface area contributed by atoms with E-state index in [-0.39, 0.29) is 18.4 Å². The van der Waals surface area contributed by atoms with Gasteiger partial charge in [-0.15, -0.1) is 0 Å². The van der Waals surface area contributed by atoms with E-state index in [1.54, 1.807) is 0 Å². The number of carbonyl (C=O) groups excluding carboxylic acids is 1. The highest BCUT2D eigenvalue weighted by molar-refractivity contribution is 5.78. The molecule has 1 rings (SSSR count). The Kier molecular flexibility index (Phi) is 5.13. The van der Waals surface area contributed by atoms with E-state index in [9.17, 15) is 4.79 Å². The van der Waals surface area contributed by atoms with Gasteiger partial charge >= 0.3 is 0 Å². The van der Waals surface area contributed by atoms with Gasteiger partial charge in [-0.2, -0.15) is 5.26 Å². The number of nitrogens with zero attached hydrogens (tertiary/aromatic N) is 2. The van der Waals surface area contributed by atoms with Gasteiger partial charge in [0.1, 0.15) is 6.42 Å². The molecule has 0 radical (unpaired) electrons. The standard InChI is InChI=1S/C11H19N3O/c1-10(13-11(15)5-6-12)9-14-7-3-2-4-8-14/h10H,2-5,7-9H2,1H3,(H,13,15). The SMILES string of the molecule is CC(CN1CCCCC1)NC(=O)CC#N. The molecule has 84 valence electrons. The summed E-state index contributed by atoms with van der Waals surface area (Å²) in [5.74, 6) is -0.165. The fourth-order valence-corrected chi connectivity index (χ4v) is 1.97. The molecule has 4 heteroatoms. The average Bonchev–Trinajstić information content (AvgIpc) is 2.19. The summed E-state index contributed by atoms with van der Waals surface area (Å²) < 4.78 is 0. The van der Waals surface area contributed by atoms with Gasteiger partial charge in [0, 0.05) is 12.6 Å². The first-order valence-corrected chi connectivity index (χ1v) is 5.61. The lowest BCUT2D eigenvalue weighted by Gasteiger charge is -2.29. The third-order valence-corrected chi connectivity index (χ3v) is 2.63. The van der Waals surface area contributed by atoms with Crippen LogP contribution in [0.2, 0.25) is 0 Å². The molecule has 4 nitrogen and oxygen atoms in total. The molecule has 0 aromatic heterocycles. The molecule has 0 aromatic rings. The number of carbonyl (C=O) groups is 1.